The Morgan fingerprint density at radius 1 is 1.27 bits per heavy atom. The number of carbonyl (C=O) groups is 1. The largest absolute Gasteiger partial charge is 0.394 e. The Bertz CT molecular complexity index is 197. The molecule has 0 bridgehead atoms. The zero-order chi connectivity index (χ0) is 12.0. The maximum absolute atomic E-state index is 11.2. The maximum Gasteiger partial charge on any atom is 0.177 e. The third-order valence-electron chi connectivity index (χ3n) is 1.92. The van der Waals surface area contributed by atoms with Gasteiger partial charge in [-0.15, -0.1) is 0 Å². The molecule has 0 saturated carbocycles. The van der Waals surface area contributed by atoms with Crippen molar-refractivity contribution >= 4 is 5.78 Å². The topological polar surface area (TPSA) is 110 Å². The zero-order valence-corrected chi connectivity index (χ0v) is 8.92. The first-order valence-corrected chi connectivity index (χ1v) is 4.81. The highest BCUT2D eigenvalue weighted by molar-refractivity contribution is 5.85. The molecule has 0 aliphatic heterocycles. The number of hydrogen-bond donors (Lipinski definition) is 5. The molecule has 0 aromatic heterocycles. The molecule has 0 aliphatic rings. The van der Waals surface area contributed by atoms with E-state index in [1.54, 1.807) is 0 Å². The molecule has 0 aromatic carbocycles. The van der Waals surface area contributed by atoms with Crippen molar-refractivity contribution in [1.82, 2.24) is 5.32 Å². The Hall–Kier alpha value is -0.530. The van der Waals surface area contributed by atoms with Crippen LogP contribution in [-0.2, 0) is 4.79 Å². The highest BCUT2D eigenvalue weighted by Crippen LogP contribution is 2.01. The average molecular weight is 221 g/mol. The van der Waals surface area contributed by atoms with E-state index < -0.39 is 30.7 Å². The second kappa shape index (κ2) is 6.86. The summed E-state index contributed by atoms with van der Waals surface area (Å²) in [4.78, 5) is 11.2. The van der Waals surface area contributed by atoms with E-state index in [0.29, 0.717) is 0 Å². The lowest BCUT2D eigenvalue weighted by atomic mass is 10.0. The predicted octanol–water partition coefficient (Wildman–Crippen LogP) is -2.37. The third-order valence-corrected chi connectivity index (χ3v) is 1.92. The predicted molar refractivity (Wildman–Crippen MR) is 53.3 cm³/mol. The van der Waals surface area contributed by atoms with Crippen molar-refractivity contribution < 1.29 is 25.2 Å². The molecule has 6 nitrogen and oxygen atoms in total. The van der Waals surface area contributed by atoms with Gasteiger partial charge in [-0.1, -0.05) is 13.8 Å². The molecular weight excluding hydrogens is 202 g/mol. The van der Waals surface area contributed by atoms with Crippen LogP contribution in [-0.4, -0.2) is 63.7 Å². The summed E-state index contributed by atoms with van der Waals surface area (Å²) in [6.07, 6.45) is -4.85. The number of ketones is 1. The van der Waals surface area contributed by atoms with Gasteiger partial charge in [0.15, 0.2) is 5.78 Å². The van der Waals surface area contributed by atoms with E-state index in [0.717, 1.165) is 0 Å². The molecule has 0 radical (unpaired) electrons. The number of carbonyl (C=O) groups excluding carboxylic acids is 1. The van der Waals surface area contributed by atoms with E-state index in [-0.39, 0.29) is 12.6 Å². The normalized spacial score (nSPS) is 17.5. The van der Waals surface area contributed by atoms with Crippen molar-refractivity contribution in [1.29, 1.82) is 0 Å². The molecule has 90 valence electrons. The van der Waals surface area contributed by atoms with Gasteiger partial charge in [0.2, 0.25) is 0 Å². The first-order valence-electron chi connectivity index (χ1n) is 4.81. The monoisotopic (exact) mass is 221 g/mol. The first-order chi connectivity index (χ1) is 6.90. The van der Waals surface area contributed by atoms with Crippen molar-refractivity contribution in [3.63, 3.8) is 0 Å². The van der Waals surface area contributed by atoms with Crippen LogP contribution in [0.25, 0.3) is 0 Å². The van der Waals surface area contributed by atoms with E-state index >= 15 is 0 Å². The Morgan fingerprint density at radius 3 is 2.20 bits per heavy atom. The number of aliphatic hydroxyl groups is 4. The van der Waals surface area contributed by atoms with Crippen LogP contribution in [0.4, 0.5) is 0 Å². The van der Waals surface area contributed by atoms with Crippen LogP contribution < -0.4 is 5.32 Å². The molecule has 0 unspecified atom stereocenters. The fourth-order valence-corrected chi connectivity index (χ4v) is 0.918. The minimum atomic E-state index is -1.68. The second-order valence-corrected chi connectivity index (χ2v) is 3.69. The number of aliphatic hydroxyl groups excluding tert-OH is 4. The summed E-state index contributed by atoms with van der Waals surface area (Å²) in [5, 5.41) is 38.8. The average Bonchev–Trinajstić information content (AvgIpc) is 2.22. The summed E-state index contributed by atoms with van der Waals surface area (Å²) in [7, 11) is 0. The third kappa shape index (κ3) is 5.19. The molecule has 0 spiro atoms. The van der Waals surface area contributed by atoms with Gasteiger partial charge in [0.1, 0.15) is 18.3 Å². The van der Waals surface area contributed by atoms with Gasteiger partial charge in [-0.3, -0.25) is 4.79 Å². The van der Waals surface area contributed by atoms with Gasteiger partial charge in [0, 0.05) is 6.04 Å². The molecule has 15 heavy (non-hydrogen) atoms. The smallest absolute Gasteiger partial charge is 0.177 e. The van der Waals surface area contributed by atoms with Crippen LogP contribution in [0.2, 0.25) is 0 Å². The van der Waals surface area contributed by atoms with Crippen LogP contribution in [0, 0.1) is 0 Å². The highest BCUT2D eigenvalue weighted by atomic mass is 16.4. The van der Waals surface area contributed by atoms with Gasteiger partial charge < -0.3 is 25.7 Å². The molecule has 0 amide bonds. The van der Waals surface area contributed by atoms with Crippen molar-refractivity contribution in [2.45, 2.75) is 38.2 Å². The van der Waals surface area contributed by atoms with Crippen molar-refractivity contribution in [2.24, 2.45) is 0 Å². The minimum absolute atomic E-state index is 0.0843. The lowest BCUT2D eigenvalue weighted by Crippen LogP contribution is -2.47. The van der Waals surface area contributed by atoms with Crippen molar-refractivity contribution in [3.8, 4) is 0 Å². The van der Waals surface area contributed by atoms with Gasteiger partial charge in [-0.25, -0.2) is 0 Å². The Kier molecular flexibility index (Phi) is 6.62. The van der Waals surface area contributed by atoms with Crippen LogP contribution in [0.3, 0.4) is 0 Å². The summed E-state index contributed by atoms with van der Waals surface area (Å²) >= 11 is 0. The van der Waals surface area contributed by atoms with E-state index in [9.17, 15) is 15.0 Å². The molecule has 0 fully saturated rings. The lowest BCUT2D eigenvalue weighted by molar-refractivity contribution is -0.139. The van der Waals surface area contributed by atoms with Crippen molar-refractivity contribution in [2.75, 3.05) is 13.2 Å². The number of rotatable bonds is 7. The lowest BCUT2D eigenvalue weighted by Gasteiger charge is -2.20. The summed E-state index contributed by atoms with van der Waals surface area (Å²) in [5.74, 6) is -0.622. The van der Waals surface area contributed by atoms with Crippen LogP contribution >= 0.6 is 0 Å². The summed E-state index contributed by atoms with van der Waals surface area (Å²) < 4.78 is 0. The van der Waals surface area contributed by atoms with E-state index in [4.69, 9.17) is 10.2 Å². The molecule has 0 aliphatic carbocycles. The van der Waals surface area contributed by atoms with Gasteiger partial charge >= 0.3 is 0 Å². The molecule has 3 atom stereocenters. The molecule has 0 rings (SSSR count). The Labute approximate surface area is 88.5 Å². The van der Waals surface area contributed by atoms with Gasteiger partial charge in [-0.05, 0) is 0 Å². The van der Waals surface area contributed by atoms with Crippen LogP contribution in [0.5, 0.6) is 0 Å². The van der Waals surface area contributed by atoms with Gasteiger partial charge in [-0.2, -0.15) is 0 Å². The van der Waals surface area contributed by atoms with Gasteiger partial charge in [0.25, 0.3) is 0 Å². The summed E-state index contributed by atoms with van der Waals surface area (Å²) in [5.41, 5.74) is 0. The quantitative estimate of drug-likeness (QED) is 0.329. The molecule has 0 heterocycles. The fraction of sp³-hybridized carbons (Fsp3) is 0.889. The van der Waals surface area contributed by atoms with Gasteiger partial charge in [0.05, 0.1) is 13.2 Å². The standard InChI is InChI=1S/C9H19NO5/c1-5(2)10-3-6(12)8(14)9(15)7(13)4-11/h5,7-11,13-15H,3-4H2,1-2H3/t7-,8-,9-/m1/s1. The molecular formula is C9H19NO5. The number of nitrogens with one attached hydrogen (secondary N) is 1. The summed E-state index contributed by atoms with van der Waals surface area (Å²) in [6.45, 7) is 2.87. The minimum Gasteiger partial charge on any atom is -0.394 e. The van der Waals surface area contributed by atoms with Crippen molar-refractivity contribution in [3.05, 3.63) is 0 Å². The SMILES string of the molecule is CC(C)NCC(=O)[C@@H](O)[C@H](O)[C@H](O)CO. The Balaban J connectivity index is 4.07. The number of Topliss-reactive ketones (excluding diaryl/α,β-unsaturated/α-hetero) is 1. The van der Waals surface area contributed by atoms with Crippen LogP contribution in [0.15, 0.2) is 0 Å². The highest BCUT2D eigenvalue weighted by Gasteiger charge is 2.29. The molecule has 0 aromatic rings. The summed E-state index contributed by atoms with van der Waals surface area (Å²) in [6, 6.07) is 0.0843. The molecule has 0 saturated heterocycles. The van der Waals surface area contributed by atoms with E-state index in [2.05, 4.69) is 5.32 Å². The Morgan fingerprint density at radius 2 is 1.80 bits per heavy atom. The van der Waals surface area contributed by atoms with E-state index in [1.165, 1.54) is 0 Å². The molecule has 5 N–H and O–H groups in total. The second-order valence-electron chi connectivity index (χ2n) is 3.69. The maximum atomic E-state index is 11.2. The number of hydrogen-bond acceptors (Lipinski definition) is 6. The zero-order valence-electron chi connectivity index (χ0n) is 8.92. The first kappa shape index (κ1) is 14.5. The molecule has 6 heteroatoms. The van der Waals surface area contributed by atoms with E-state index in [1.807, 2.05) is 13.8 Å². The van der Waals surface area contributed by atoms with Crippen LogP contribution in [0.1, 0.15) is 13.8 Å². The fourth-order valence-electron chi connectivity index (χ4n) is 0.918.